The van der Waals surface area contributed by atoms with Crippen LogP contribution in [0.5, 0.6) is 0 Å². The molecule has 0 saturated heterocycles. The summed E-state index contributed by atoms with van der Waals surface area (Å²) in [5, 5.41) is 3.61. The van der Waals surface area contributed by atoms with Crippen molar-refractivity contribution in [2.75, 3.05) is 7.11 Å². The second-order valence-electron chi connectivity index (χ2n) is 4.53. The van der Waals surface area contributed by atoms with Gasteiger partial charge >= 0.3 is 0 Å². The fourth-order valence-corrected chi connectivity index (χ4v) is 2.46. The summed E-state index contributed by atoms with van der Waals surface area (Å²) in [6.07, 6.45) is 5.47. The number of methoxy groups -OCH3 is 1. The van der Waals surface area contributed by atoms with E-state index in [1.54, 1.807) is 0 Å². The van der Waals surface area contributed by atoms with Crippen molar-refractivity contribution in [1.82, 2.24) is 5.32 Å². The number of nitrogens with one attached hydrogen (secondary N) is 1. The standard InChI is InChI=1S/C14H21NO/c1-16-14-10-6-5-9-13(14)15-11-12-7-3-2-4-8-12/h2-4,7-8,13-15H,5-6,9-11H2,1H3. The molecule has 2 nitrogen and oxygen atoms in total. The third kappa shape index (κ3) is 3.06. The minimum Gasteiger partial charge on any atom is -0.380 e. The first-order chi connectivity index (χ1) is 7.90. The Kier molecular flexibility index (Phi) is 4.37. The molecule has 1 saturated carbocycles. The zero-order valence-corrected chi connectivity index (χ0v) is 9.99. The summed E-state index contributed by atoms with van der Waals surface area (Å²) in [6.45, 7) is 0.950. The molecule has 2 atom stereocenters. The highest BCUT2D eigenvalue weighted by Gasteiger charge is 2.23. The van der Waals surface area contributed by atoms with Crippen molar-refractivity contribution in [3.05, 3.63) is 35.9 Å². The summed E-state index contributed by atoms with van der Waals surface area (Å²) >= 11 is 0. The van der Waals surface area contributed by atoms with Gasteiger partial charge < -0.3 is 10.1 Å². The molecule has 2 heteroatoms. The lowest BCUT2D eigenvalue weighted by atomic mass is 9.92. The van der Waals surface area contributed by atoms with Crippen LogP contribution in [0, 0.1) is 0 Å². The average molecular weight is 219 g/mol. The molecule has 0 radical (unpaired) electrons. The fraction of sp³-hybridized carbons (Fsp3) is 0.571. The van der Waals surface area contributed by atoms with E-state index in [1.807, 2.05) is 7.11 Å². The van der Waals surface area contributed by atoms with Gasteiger partial charge in [0.2, 0.25) is 0 Å². The zero-order valence-electron chi connectivity index (χ0n) is 9.99. The Hall–Kier alpha value is -0.860. The van der Waals surface area contributed by atoms with Crippen LogP contribution >= 0.6 is 0 Å². The van der Waals surface area contributed by atoms with E-state index in [0.717, 1.165) is 6.54 Å². The molecule has 2 rings (SSSR count). The van der Waals surface area contributed by atoms with Crippen LogP contribution in [0.4, 0.5) is 0 Å². The Balaban J connectivity index is 1.84. The van der Waals surface area contributed by atoms with Gasteiger partial charge in [-0.05, 0) is 18.4 Å². The maximum absolute atomic E-state index is 5.53. The van der Waals surface area contributed by atoms with Crippen LogP contribution in [0.1, 0.15) is 31.2 Å². The van der Waals surface area contributed by atoms with Crippen molar-refractivity contribution in [1.29, 1.82) is 0 Å². The summed E-state index contributed by atoms with van der Waals surface area (Å²) in [4.78, 5) is 0. The van der Waals surface area contributed by atoms with Crippen molar-refractivity contribution in [2.24, 2.45) is 0 Å². The quantitative estimate of drug-likeness (QED) is 0.840. The van der Waals surface area contributed by atoms with Crippen LogP contribution in [0.2, 0.25) is 0 Å². The number of hydrogen-bond donors (Lipinski definition) is 1. The summed E-state index contributed by atoms with van der Waals surface area (Å²) in [5.74, 6) is 0. The topological polar surface area (TPSA) is 21.3 Å². The van der Waals surface area contributed by atoms with Crippen molar-refractivity contribution < 1.29 is 4.74 Å². The number of benzene rings is 1. The lowest BCUT2D eigenvalue weighted by molar-refractivity contribution is 0.0413. The van der Waals surface area contributed by atoms with Crippen LogP contribution < -0.4 is 5.32 Å². The maximum atomic E-state index is 5.53. The first-order valence-corrected chi connectivity index (χ1v) is 6.20. The minimum atomic E-state index is 0.400. The summed E-state index contributed by atoms with van der Waals surface area (Å²) in [6, 6.07) is 11.1. The van der Waals surface area contributed by atoms with Gasteiger partial charge in [-0.3, -0.25) is 0 Å². The zero-order chi connectivity index (χ0) is 11.2. The van der Waals surface area contributed by atoms with E-state index in [9.17, 15) is 0 Å². The molecule has 1 aromatic rings. The van der Waals surface area contributed by atoms with Crippen LogP contribution in [-0.4, -0.2) is 19.3 Å². The molecule has 16 heavy (non-hydrogen) atoms. The molecule has 0 heterocycles. The molecule has 0 spiro atoms. The highest BCUT2D eigenvalue weighted by Crippen LogP contribution is 2.21. The Labute approximate surface area is 98.0 Å². The number of hydrogen-bond acceptors (Lipinski definition) is 2. The van der Waals surface area contributed by atoms with Gasteiger partial charge in [0.25, 0.3) is 0 Å². The van der Waals surface area contributed by atoms with Gasteiger partial charge in [0, 0.05) is 19.7 Å². The largest absolute Gasteiger partial charge is 0.380 e. The highest BCUT2D eigenvalue weighted by molar-refractivity contribution is 5.14. The smallest absolute Gasteiger partial charge is 0.0724 e. The summed E-state index contributed by atoms with van der Waals surface area (Å²) in [7, 11) is 1.83. The Bertz CT molecular complexity index is 299. The number of rotatable bonds is 4. The summed E-state index contributed by atoms with van der Waals surface area (Å²) in [5.41, 5.74) is 1.35. The van der Waals surface area contributed by atoms with Gasteiger partial charge in [-0.15, -0.1) is 0 Å². The fourth-order valence-electron chi connectivity index (χ4n) is 2.46. The number of ether oxygens (including phenoxy) is 1. The molecule has 0 aliphatic heterocycles. The molecule has 2 unspecified atom stereocenters. The Morgan fingerprint density at radius 2 is 1.94 bits per heavy atom. The van der Waals surface area contributed by atoms with Crippen LogP contribution in [0.15, 0.2) is 30.3 Å². The molecule has 0 amide bonds. The molecule has 0 aromatic heterocycles. The third-order valence-corrected chi connectivity index (χ3v) is 3.42. The van der Waals surface area contributed by atoms with E-state index < -0.39 is 0 Å². The van der Waals surface area contributed by atoms with Crippen LogP contribution in [0.25, 0.3) is 0 Å². The van der Waals surface area contributed by atoms with E-state index in [-0.39, 0.29) is 0 Å². The lowest BCUT2D eigenvalue weighted by Crippen LogP contribution is -2.42. The molecular weight excluding hydrogens is 198 g/mol. The van der Waals surface area contributed by atoms with Crippen molar-refractivity contribution >= 4 is 0 Å². The second kappa shape index (κ2) is 6.02. The van der Waals surface area contributed by atoms with Gasteiger partial charge in [-0.25, -0.2) is 0 Å². The van der Waals surface area contributed by atoms with Crippen LogP contribution in [0.3, 0.4) is 0 Å². The second-order valence-corrected chi connectivity index (χ2v) is 4.53. The molecule has 1 fully saturated rings. The van der Waals surface area contributed by atoms with Gasteiger partial charge in [-0.1, -0.05) is 43.2 Å². The highest BCUT2D eigenvalue weighted by atomic mass is 16.5. The normalized spacial score (nSPS) is 25.6. The Morgan fingerprint density at radius 3 is 2.69 bits per heavy atom. The Morgan fingerprint density at radius 1 is 1.19 bits per heavy atom. The van der Waals surface area contributed by atoms with Gasteiger partial charge in [0.1, 0.15) is 0 Å². The third-order valence-electron chi connectivity index (χ3n) is 3.42. The van der Waals surface area contributed by atoms with Crippen molar-refractivity contribution in [3.63, 3.8) is 0 Å². The molecule has 88 valence electrons. The average Bonchev–Trinajstić information content (AvgIpc) is 2.38. The van der Waals surface area contributed by atoms with Gasteiger partial charge in [0.05, 0.1) is 6.10 Å². The molecule has 1 N–H and O–H groups in total. The molecule has 1 aliphatic carbocycles. The minimum absolute atomic E-state index is 0.400. The molecule has 1 aliphatic rings. The molecule has 0 bridgehead atoms. The lowest BCUT2D eigenvalue weighted by Gasteiger charge is -2.31. The van der Waals surface area contributed by atoms with Crippen molar-refractivity contribution in [2.45, 2.75) is 44.4 Å². The van der Waals surface area contributed by atoms with E-state index in [4.69, 9.17) is 4.74 Å². The first-order valence-electron chi connectivity index (χ1n) is 6.20. The van der Waals surface area contributed by atoms with E-state index >= 15 is 0 Å². The summed E-state index contributed by atoms with van der Waals surface area (Å²) < 4.78 is 5.53. The van der Waals surface area contributed by atoms with E-state index in [1.165, 1.54) is 31.2 Å². The predicted octanol–water partition coefficient (Wildman–Crippen LogP) is 2.73. The molecule has 1 aromatic carbocycles. The SMILES string of the molecule is COC1CCCCC1NCc1ccccc1. The van der Waals surface area contributed by atoms with Crippen LogP contribution in [-0.2, 0) is 11.3 Å². The predicted molar refractivity (Wildman–Crippen MR) is 66.3 cm³/mol. The van der Waals surface area contributed by atoms with Gasteiger partial charge in [0.15, 0.2) is 0 Å². The molecular formula is C14H21NO. The van der Waals surface area contributed by atoms with Crippen molar-refractivity contribution in [3.8, 4) is 0 Å². The van der Waals surface area contributed by atoms with E-state index in [0.29, 0.717) is 12.1 Å². The van der Waals surface area contributed by atoms with Gasteiger partial charge in [-0.2, -0.15) is 0 Å². The first kappa shape index (κ1) is 11.6. The monoisotopic (exact) mass is 219 g/mol. The maximum Gasteiger partial charge on any atom is 0.0724 e. The van der Waals surface area contributed by atoms with E-state index in [2.05, 4.69) is 35.6 Å².